The van der Waals surface area contributed by atoms with Crippen LogP contribution in [0, 0.1) is 0 Å². The number of aliphatic hydroxyl groups is 1. The molecule has 0 aliphatic heterocycles. The molecule has 0 saturated heterocycles. The molecule has 0 aromatic carbocycles. The predicted octanol–water partition coefficient (Wildman–Crippen LogP) is 3.53. The van der Waals surface area contributed by atoms with Gasteiger partial charge in [0.05, 0.1) is 13.2 Å². The highest BCUT2D eigenvalue weighted by Gasteiger charge is 2.26. The number of carboxylic acids is 1. The predicted molar refractivity (Wildman–Crippen MR) is 120 cm³/mol. The van der Waals surface area contributed by atoms with E-state index in [0.717, 1.165) is 12.8 Å². The molecule has 10 nitrogen and oxygen atoms in total. The number of carbonyl (C=O) groups excluding carboxylic acids is 1. The fraction of sp³-hybridized carbons (Fsp3) is 0.905. The van der Waals surface area contributed by atoms with E-state index in [-0.39, 0.29) is 13.0 Å². The van der Waals surface area contributed by atoms with Crippen molar-refractivity contribution in [3.63, 3.8) is 0 Å². The van der Waals surface area contributed by atoms with Crippen molar-refractivity contribution in [1.82, 2.24) is 0 Å². The smallest absolute Gasteiger partial charge is 0.472 e. The lowest BCUT2D eigenvalue weighted by Gasteiger charge is -2.16. The summed E-state index contributed by atoms with van der Waals surface area (Å²) in [7, 11) is -4.57. The zero-order valence-corrected chi connectivity index (χ0v) is 20.2. The standard InChI is InChI=1S/C21H42NO9P/c1-2-3-4-5-6-7-8-9-10-11-12-13-14-20(24)29-15-18(23)16-30-32(27,28)31-17-19(22)21(25)26/h18-19,23H,2-17,22H2,1H3,(H,25,26)(H,27,28). The molecule has 0 fully saturated rings. The van der Waals surface area contributed by atoms with E-state index in [4.69, 9.17) is 15.6 Å². The third-order valence-corrected chi connectivity index (χ3v) is 5.79. The summed E-state index contributed by atoms with van der Waals surface area (Å²) in [5, 5.41) is 18.3. The molecular weight excluding hydrogens is 441 g/mol. The molecule has 32 heavy (non-hydrogen) atoms. The summed E-state index contributed by atoms with van der Waals surface area (Å²) in [5.74, 6) is -1.85. The molecule has 5 N–H and O–H groups in total. The summed E-state index contributed by atoms with van der Waals surface area (Å²) < 4.78 is 25.4. The molecule has 0 radical (unpaired) electrons. The minimum Gasteiger partial charge on any atom is -0.480 e. The molecule has 0 heterocycles. The Bertz CT molecular complexity index is 547. The lowest BCUT2D eigenvalue weighted by atomic mass is 10.0. The second-order valence-corrected chi connectivity index (χ2v) is 9.43. The fourth-order valence-electron chi connectivity index (χ4n) is 2.88. The first-order valence-electron chi connectivity index (χ1n) is 11.6. The van der Waals surface area contributed by atoms with Crippen LogP contribution >= 0.6 is 7.82 Å². The molecule has 3 unspecified atom stereocenters. The molecule has 3 atom stereocenters. The quantitative estimate of drug-likeness (QED) is 0.102. The van der Waals surface area contributed by atoms with Gasteiger partial charge >= 0.3 is 19.8 Å². The SMILES string of the molecule is CCCCCCCCCCCCCCC(=O)OCC(O)COP(=O)(O)OCC(N)C(=O)O. The molecule has 0 bridgehead atoms. The van der Waals surface area contributed by atoms with E-state index in [9.17, 15) is 24.2 Å². The molecule has 0 rings (SSSR count). The van der Waals surface area contributed by atoms with Crippen molar-refractivity contribution in [2.45, 2.75) is 103 Å². The maximum Gasteiger partial charge on any atom is 0.472 e. The van der Waals surface area contributed by atoms with Crippen LogP contribution in [-0.4, -0.2) is 59.0 Å². The van der Waals surface area contributed by atoms with Crippen molar-refractivity contribution in [1.29, 1.82) is 0 Å². The summed E-state index contributed by atoms with van der Waals surface area (Å²) in [5.41, 5.74) is 5.15. The van der Waals surface area contributed by atoms with Crippen LogP contribution in [0.2, 0.25) is 0 Å². The maximum absolute atomic E-state index is 11.7. The number of esters is 1. The van der Waals surface area contributed by atoms with E-state index in [1.807, 2.05) is 0 Å². The van der Waals surface area contributed by atoms with Crippen LogP contribution in [0.4, 0.5) is 0 Å². The Labute approximate surface area is 191 Å². The number of rotatable bonds is 22. The average molecular weight is 484 g/mol. The zero-order chi connectivity index (χ0) is 24.2. The number of phosphoric ester groups is 1. The largest absolute Gasteiger partial charge is 0.480 e. The van der Waals surface area contributed by atoms with Gasteiger partial charge in [0.2, 0.25) is 0 Å². The first kappa shape index (κ1) is 31.0. The number of ether oxygens (including phenoxy) is 1. The Morgan fingerprint density at radius 2 is 1.31 bits per heavy atom. The number of carbonyl (C=O) groups is 2. The van der Waals surface area contributed by atoms with E-state index in [1.54, 1.807) is 0 Å². The maximum atomic E-state index is 11.7. The number of nitrogens with two attached hydrogens (primary N) is 1. The van der Waals surface area contributed by atoms with Crippen LogP contribution in [0.3, 0.4) is 0 Å². The minimum absolute atomic E-state index is 0.250. The number of phosphoric acid groups is 1. The Hall–Kier alpha value is -1.03. The lowest BCUT2D eigenvalue weighted by molar-refractivity contribution is -0.147. The number of unbranched alkanes of at least 4 members (excludes halogenated alkanes) is 11. The van der Waals surface area contributed by atoms with E-state index < -0.39 is 45.1 Å². The molecule has 0 aromatic rings. The van der Waals surface area contributed by atoms with Crippen molar-refractivity contribution in [3.8, 4) is 0 Å². The van der Waals surface area contributed by atoms with Gasteiger partial charge < -0.3 is 25.6 Å². The molecule has 190 valence electrons. The van der Waals surface area contributed by atoms with Gasteiger partial charge in [0.15, 0.2) is 0 Å². The Morgan fingerprint density at radius 1 is 0.844 bits per heavy atom. The van der Waals surface area contributed by atoms with Crippen molar-refractivity contribution >= 4 is 19.8 Å². The molecule has 11 heteroatoms. The number of hydrogen-bond donors (Lipinski definition) is 4. The highest BCUT2D eigenvalue weighted by molar-refractivity contribution is 7.47. The number of aliphatic carboxylic acids is 1. The van der Waals surface area contributed by atoms with Gasteiger partial charge in [-0.2, -0.15) is 0 Å². The van der Waals surface area contributed by atoms with E-state index in [0.29, 0.717) is 6.42 Å². The summed E-state index contributed by atoms with van der Waals surface area (Å²) in [6, 6.07) is -1.48. The van der Waals surface area contributed by atoms with Crippen LogP contribution < -0.4 is 5.73 Å². The normalized spacial score (nSPS) is 15.1. The third kappa shape index (κ3) is 19.6. The van der Waals surface area contributed by atoms with Gasteiger partial charge in [-0.25, -0.2) is 4.57 Å². The molecule has 0 spiro atoms. The minimum atomic E-state index is -4.57. The topological polar surface area (TPSA) is 166 Å². The Morgan fingerprint density at radius 3 is 1.81 bits per heavy atom. The van der Waals surface area contributed by atoms with Gasteiger partial charge in [-0.1, -0.05) is 77.6 Å². The number of hydrogen-bond acceptors (Lipinski definition) is 8. The van der Waals surface area contributed by atoms with Gasteiger partial charge in [0, 0.05) is 6.42 Å². The van der Waals surface area contributed by atoms with E-state index in [2.05, 4.69) is 16.0 Å². The van der Waals surface area contributed by atoms with Crippen LogP contribution in [0.5, 0.6) is 0 Å². The van der Waals surface area contributed by atoms with Crippen molar-refractivity contribution in [2.75, 3.05) is 19.8 Å². The molecule has 0 amide bonds. The zero-order valence-electron chi connectivity index (χ0n) is 19.3. The van der Waals surface area contributed by atoms with E-state index in [1.165, 1.54) is 57.8 Å². The Kier molecular flexibility index (Phi) is 18.8. The molecule has 0 aromatic heterocycles. The summed E-state index contributed by atoms with van der Waals surface area (Å²) in [6.45, 7) is 0.486. The number of carboxylic acid groups (broad SMARTS) is 1. The first-order chi connectivity index (χ1) is 15.2. The third-order valence-electron chi connectivity index (χ3n) is 4.84. The molecule has 0 aliphatic carbocycles. The van der Waals surface area contributed by atoms with Gasteiger partial charge in [0.25, 0.3) is 0 Å². The van der Waals surface area contributed by atoms with Gasteiger partial charge in [0.1, 0.15) is 18.8 Å². The van der Waals surface area contributed by atoms with Crippen molar-refractivity contribution < 1.29 is 43.0 Å². The highest BCUT2D eigenvalue weighted by atomic mass is 31.2. The second-order valence-electron chi connectivity index (χ2n) is 7.98. The van der Waals surface area contributed by atoms with Crippen LogP contribution in [0.15, 0.2) is 0 Å². The van der Waals surface area contributed by atoms with Crippen LogP contribution in [-0.2, 0) is 27.9 Å². The van der Waals surface area contributed by atoms with Gasteiger partial charge in [-0.05, 0) is 6.42 Å². The Balaban J connectivity index is 3.63. The highest BCUT2D eigenvalue weighted by Crippen LogP contribution is 2.43. The number of aliphatic hydroxyl groups excluding tert-OH is 1. The van der Waals surface area contributed by atoms with Gasteiger partial charge in [-0.15, -0.1) is 0 Å². The first-order valence-corrected chi connectivity index (χ1v) is 13.1. The van der Waals surface area contributed by atoms with Gasteiger partial charge in [-0.3, -0.25) is 18.6 Å². The summed E-state index contributed by atoms with van der Waals surface area (Å²) >= 11 is 0. The molecule has 0 saturated carbocycles. The van der Waals surface area contributed by atoms with Crippen molar-refractivity contribution in [3.05, 3.63) is 0 Å². The average Bonchev–Trinajstić information content (AvgIpc) is 2.75. The fourth-order valence-corrected chi connectivity index (χ4v) is 3.67. The second kappa shape index (κ2) is 19.4. The lowest BCUT2D eigenvalue weighted by Crippen LogP contribution is -2.34. The molecular formula is C21H42NO9P. The molecule has 0 aliphatic rings. The summed E-state index contributed by atoms with van der Waals surface area (Å²) in [6.07, 6.45) is 13.3. The van der Waals surface area contributed by atoms with Crippen molar-refractivity contribution in [2.24, 2.45) is 5.73 Å². The van der Waals surface area contributed by atoms with Crippen LogP contribution in [0.1, 0.15) is 90.4 Å². The van der Waals surface area contributed by atoms with E-state index >= 15 is 0 Å². The summed E-state index contributed by atoms with van der Waals surface area (Å²) in [4.78, 5) is 31.6. The monoisotopic (exact) mass is 483 g/mol. The van der Waals surface area contributed by atoms with Crippen LogP contribution in [0.25, 0.3) is 0 Å².